The molecule has 2 N–H and O–H groups in total. The van der Waals surface area contributed by atoms with Gasteiger partial charge in [-0.2, -0.15) is 0 Å². The second-order valence-electron chi connectivity index (χ2n) is 2.68. The Morgan fingerprint density at radius 2 is 1.85 bits per heavy atom. The van der Waals surface area contributed by atoms with Crippen LogP contribution in [0.25, 0.3) is 0 Å². The molecule has 0 unspecified atom stereocenters. The molecule has 1 aromatic carbocycles. The quantitative estimate of drug-likeness (QED) is 0.664. The molecule has 0 saturated heterocycles. The van der Waals surface area contributed by atoms with Crippen LogP contribution in [0.4, 0.5) is 10.1 Å². The van der Waals surface area contributed by atoms with Crippen molar-refractivity contribution in [3.8, 4) is 0 Å². The van der Waals surface area contributed by atoms with E-state index in [1.807, 2.05) is 33.8 Å². The lowest BCUT2D eigenvalue weighted by Crippen LogP contribution is -1.96. The lowest BCUT2D eigenvalue weighted by Gasteiger charge is -2.03. The molecule has 74 valence electrons. The number of aryl methyl sites for hydroxylation is 2. The van der Waals surface area contributed by atoms with Crippen LogP contribution in [-0.2, 0) is 6.42 Å². The summed E-state index contributed by atoms with van der Waals surface area (Å²) < 4.78 is 13.1. The van der Waals surface area contributed by atoms with Crippen LogP contribution in [-0.4, -0.2) is 0 Å². The number of hydrogen-bond donors (Lipinski definition) is 1. The number of benzene rings is 1. The number of hydrogen-bond acceptors (Lipinski definition) is 1. The van der Waals surface area contributed by atoms with E-state index in [0.29, 0.717) is 12.0 Å². The van der Waals surface area contributed by atoms with Crippen LogP contribution in [0.5, 0.6) is 0 Å². The van der Waals surface area contributed by atoms with Gasteiger partial charge in [-0.1, -0.05) is 26.8 Å². The van der Waals surface area contributed by atoms with Gasteiger partial charge in [0, 0.05) is 0 Å². The average Bonchev–Trinajstić information content (AvgIpc) is 2.14. The van der Waals surface area contributed by atoms with Gasteiger partial charge in [0.05, 0.1) is 5.69 Å². The Labute approximate surface area is 79.8 Å². The molecule has 0 spiro atoms. The monoisotopic (exact) mass is 183 g/mol. The molecule has 0 fully saturated rings. The van der Waals surface area contributed by atoms with E-state index in [2.05, 4.69) is 0 Å². The van der Waals surface area contributed by atoms with Crippen LogP contribution in [0.2, 0.25) is 0 Å². The summed E-state index contributed by atoms with van der Waals surface area (Å²) in [4.78, 5) is 0. The number of halogens is 1. The fourth-order valence-corrected chi connectivity index (χ4v) is 1.13. The zero-order chi connectivity index (χ0) is 10.4. The summed E-state index contributed by atoms with van der Waals surface area (Å²) in [6.07, 6.45) is 0.692. The van der Waals surface area contributed by atoms with E-state index in [9.17, 15) is 4.39 Å². The normalized spacial score (nSPS) is 9.00. The lowest BCUT2D eigenvalue weighted by atomic mass is 10.1. The number of anilines is 1. The highest BCUT2D eigenvalue weighted by molar-refractivity contribution is 5.46. The minimum Gasteiger partial charge on any atom is -0.396 e. The van der Waals surface area contributed by atoms with Crippen molar-refractivity contribution in [2.24, 2.45) is 0 Å². The molecular weight excluding hydrogens is 165 g/mol. The van der Waals surface area contributed by atoms with Crippen molar-refractivity contribution in [3.05, 3.63) is 29.1 Å². The Morgan fingerprint density at radius 3 is 2.31 bits per heavy atom. The molecule has 2 heteroatoms. The largest absolute Gasteiger partial charge is 0.396 e. The highest BCUT2D eigenvalue weighted by Crippen LogP contribution is 2.17. The van der Waals surface area contributed by atoms with E-state index in [1.54, 1.807) is 6.07 Å². The van der Waals surface area contributed by atoms with Crippen LogP contribution >= 0.6 is 0 Å². The third-order valence-corrected chi connectivity index (χ3v) is 1.70. The summed E-state index contributed by atoms with van der Waals surface area (Å²) in [5, 5.41) is 0. The Bertz CT molecular complexity index is 269. The second kappa shape index (κ2) is 5.57. The third kappa shape index (κ3) is 3.05. The highest BCUT2D eigenvalue weighted by atomic mass is 19.1. The highest BCUT2D eigenvalue weighted by Gasteiger charge is 2.03. The van der Waals surface area contributed by atoms with E-state index in [-0.39, 0.29) is 11.5 Å². The van der Waals surface area contributed by atoms with E-state index in [0.717, 1.165) is 5.56 Å². The van der Waals surface area contributed by atoms with Gasteiger partial charge in [0.15, 0.2) is 0 Å². The first-order valence-corrected chi connectivity index (χ1v) is 4.69. The van der Waals surface area contributed by atoms with Crippen molar-refractivity contribution in [1.29, 1.82) is 0 Å². The Hall–Kier alpha value is -1.05. The second-order valence-corrected chi connectivity index (χ2v) is 2.68. The molecule has 0 saturated carbocycles. The van der Waals surface area contributed by atoms with Crippen molar-refractivity contribution in [1.82, 2.24) is 0 Å². The molecule has 1 rings (SSSR count). The molecule has 1 aromatic rings. The molecule has 0 aliphatic heterocycles. The van der Waals surface area contributed by atoms with Crippen LogP contribution in [0.1, 0.15) is 31.9 Å². The van der Waals surface area contributed by atoms with Gasteiger partial charge >= 0.3 is 0 Å². The molecular formula is C11H18FN. The van der Waals surface area contributed by atoms with E-state index >= 15 is 0 Å². The molecule has 0 aliphatic carbocycles. The first-order valence-electron chi connectivity index (χ1n) is 4.69. The van der Waals surface area contributed by atoms with Gasteiger partial charge in [-0.15, -0.1) is 0 Å². The maximum atomic E-state index is 13.1. The van der Waals surface area contributed by atoms with Gasteiger partial charge < -0.3 is 5.73 Å². The first kappa shape index (κ1) is 11.9. The SMILES string of the molecule is CC.CCc1cc(C)cc(N)c1F. The lowest BCUT2D eigenvalue weighted by molar-refractivity contribution is 0.616. The summed E-state index contributed by atoms with van der Waals surface area (Å²) in [6.45, 7) is 7.83. The molecule has 13 heavy (non-hydrogen) atoms. The molecule has 0 atom stereocenters. The summed E-state index contributed by atoms with van der Waals surface area (Å²) in [7, 11) is 0. The molecule has 0 amide bonds. The first-order chi connectivity index (χ1) is 6.15. The minimum atomic E-state index is -0.266. The average molecular weight is 183 g/mol. The predicted octanol–water partition coefficient (Wildman–Crippen LogP) is 3.30. The van der Waals surface area contributed by atoms with Crippen LogP contribution in [0, 0.1) is 12.7 Å². The third-order valence-electron chi connectivity index (χ3n) is 1.70. The maximum absolute atomic E-state index is 13.1. The topological polar surface area (TPSA) is 26.0 Å². The summed E-state index contributed by atoms with van der Waals surface area (Å²) in [6, 6.07) is 3.47. The summed E-state index contributed by atoms with van der Waals surface area (Å²) in [5.41, 5.74) is 7.39. The maximum Gasteiger partial charge on any atom is 0.149 e. The fraction of sp³-hybridized carbons (Fsp3) is 0.455. The predicted molar refractivity (Wildman–Crippen MR) is 56.3 cm³/mol. The Kier molecular flexibility index (Phi) is 5.12. The Balaban J connectivity index is 0.000000671. The van der Waals surface area contributed by atoms with Gasteiger partial charge in [0.1, 0.15) is 5.82 Å². The number of nitrogen functional groups attached to an aromatic ring is 1. The molecule has 0 heterocycles. The molecule has 0 bridgehead atoms. The fourth-order valence-electron chi connectivity index (χ4n) is 1.13. The standard InChI is InChI=1S/C9H12FN.C2H6/c1-3-7-4-6(2)5-8(11)9(7)10;1-2/h4-5H,3,11H2,1-2H3;1-2H3. The van der Waals surface area contributed by atoms with Crippen molar-refractivity contribution in [2.45, 2.75) is 34.1 Å². The smallest absolute Gasteiger partial charge is 0.149 e. The van der Waals surface area contributed by atoms with Gasteiger partial charge in [0.25, 0.3) is 0 Å². The van der Waals surface area contributed by atoms with Crippen molar-refractivity contribution in [2.75, 3.05) is 5.73 Å². The van der Waals surface area contributed by atoms with Crippen molar-refractivity contribution < 1.29 is 4.39 Å². The Morgan fingerprint density at radius 1 is 1.31 bits per heavy atom. The zero-order valence-corrected chi connectivity index (χ0v) is 8.82. The molecule has 0 aromatic heterocycles. The zero-order valence-electron chi connectivity index (χ0n) is 8.82. The van der Waals surface area contributed by atoms with Crippen molar-refractivity contribution in [3.63, 3.8) is 0 Å². The van der Waals surface area contributed by atoms with Crippen molar-refractivity contribution >= 4 is 5.69 Å². The van der Waals surface area contributed by atoms with Crippen LogP contribution < -0.4 is 5.73 Å². The van der Waals surface area contributed by atoms with E-state index < -0.39 is 0 Å². The number of rotatable bonds is 1. The summed E-state index contributed by atoms with van der Waals surface area (Å²) >= 11 is 0. The van der Waals surface area contributed by atoms with Gasteiger partial charge in [-0.05, 0) is 30.5 Å². The van der Waals surface area contributed by atoms with Gasteiger partial charge in [-0.3, -0.25) is 0 Å². The van der Waals surface area contributed by atoms with Crippen LogP contribution in [0.3, 0.4) is 0 Å². The molecule has 1 nitrogen and oxygen atoms in total. The van der Waals surface area contributed by atoms with Gasteiger partial charge in [-0.25, -0.2) is 4.39 Å². The van der Waals surface area contributed by atoms with E-state index in [1.165, 1.54) is 0 Å². The van der Waals surface area contributed by atoms with Crippen LogP contribution in [0.15, 0.2) is 12.1 Å². The minimum absolute atomic E-state index is 0.252. The van der Waals surface area contributed by atoms with E-state index in [4.69, 9.17) is 5.73 Å². The molecule has 0 aliphatic rings. The number of nitrogens with two attached hydrogens (primary N) is 1. The molecule has 0 radical (unpaired) electrons. The summed E-state index contributed by atoms with van der Waals surface area (Å²) in [5.74, 6) is -0.266. The van der Waals surface area contributed by atoms with Gasteiger partial charge in [0.2, 0.25) is 0 Å².